The highest BCUT2D eigenvalue weighted by atomic mass is 32.2. The molecule has 1 aromatic heterocycles. The lowest BCUT2D eigenvalue weighted by atomic mass is 9.96. The predicted molar refractivity (Wildman–Crippen MR) is 64.0 cm³/mol. The van der Waals surface area contributed by atoms with Crippen LogP contribution in [0.25, 0.3) is 1.43 Å². The van der Waals surface area contributed by atoms with Crippen molar-refractivity contribution in [2.45, 2.75) is 35.8 Å². The molecule has 2 aliphatic heterocycles. The van der Waals surface area contributed by atoms with Crippen LogP contribution in [0.3, 0.4) is 0 Å². The molecule has 0 aliphatic carbocycles. The van der Waals surface area contributed by atoms with E-state index in [1.807, 2.05) is 0 Å². The highest BCUT2D eigenvalue weighted by Crippen LogP contribution is 2.46. The van der Waals surface area contributed by atoms with Crippen LogP contribution in [0, 0.1) is 0 Å². The average Bonchev–Trinajstić information content (AvgIpc) is 3.04. The number of sulfone groups is 1. The van der Waals surface area contributed by atoms with Crippen LogP contribution in [-0.2, 0) is 25.9 Å². The molecule has 2 fully saturated rings. The fourth-order valence-electron chi connectivity index (χ4n) is 1.77. The second-order valence-corrected chi connectivity index (χ2v) is 5.73. The van der Waals surface area contributed by atoms with Gasteiger partial charge in [-0.2, -0.15) is 0 Å². The fourth-order valence-corrected chi connectivity index (χ4v) is 3.33. The molecule has 3 rings (SSSR count). The number of β-lactam (4-membered cyclic amide) rings is 1. The Balaban J connectivity index is 2.64. The highest BCUT2D eigenvalue weighted by Gasteiger charge is 2.70. The van der Waals surface area contributed by atoms with Gasteiger partial charge in [0.15, 0.2) is 15.9 Å². The molecular formula is C10H12N4O5S. The van der Waals surface area contributed by atoms with Gasteiger partial charge in [-0.15, -0.1) is 5.10 Å². The largest absolute Gasteiger partial charge is 0.480 e. The van der Waals surface area contributed by atoms with Gasteiger partial charge in [0.2, 0.25) is 5.91 Å². The molecule has 10 heteroatoms. The summed E-state index contributed by atoms with van der Waals surface area (Å²) in [5.41, 5.74) is 0. The number of amides is 1. The Bertz CT molecular complexity index is 1150. The van der Waals surface area contributed by atoms with E-state index in [-0.39, 0.29) is 4.68 Å². The van der Waals surface area contributed by atoms with E-state index < -0.39 is 74.8 Å². The summed E-state index contributed by atoms with van der Waals surface area (Å²) in [5, 5.41) is 5.58. The molecule has 0 saturated carbocycles. The zero-order valence-corrected chi connectivity index (χ0v) is 10.1. The van der Waals surface area contributed by atoms with Gasteiger partial charge in [0.25, 0.3) is 1.43 Å². The van der Waals surface area contributed by atoms with Crippen molar-refractivity contribution in [1.82, 2.24) is 19.9 Å². The summed E-state index contributed by atoms with van der Waals surface area (Å²) in [7, 11) is -6.31. The number of fused-ring (bicyclic) bond motifs is 1. The van der Waals surface area contributed by atoms with Crippen LogP contribution in [0.5, 0.6) is 0 Å². The van der Waals surface area contributed by atoms with Gasteiger partial charge in [0.1, 0.15) is 10.1 Å². The van der Waals surface area contributed by atoms with Crippen LogP contribution in [0.15, 0.2) is 12.3 Å². The molecule has 2 saturated heterocycles. The number of rotatable bonds is 3. The molecule has 1 aromatic rings. The molecule has 108 valence electrons. The van der Waals surface area contributed by atoms with Crippen molar-refractivity contribution >= 4 is 21.7 Å². The Hall–Kier alpha value is -1.97. The topological polar surface area (TPSA) is 122 Å². The number of carbonyl (C=O) groups is 2. The monoisotopic (exact) mass is 312 g/mol. The number of aromatic nitrogens is 3. The summed E-state index contributed by atoms with van der Waals surface area (Å²) in [6.07, 6.45) is -6.12. The zero-order valence-electron chi connectivity index (χ0n) is 21.2. The van der Waals surface area contributed by atoms with Crippen LogP contribution >= 0.6 is 0 Å². The van der Waals surface area contributed by atoms with Gasteiger partial charge < -0.3 is 10.0 Å². The van der Waals surface area contributed by atoms with E-state index in [1.165, 1.54) is 0 Å². The van der Waals surface area contributed by atoms with E-state index in [1.54, 1.807) is 0 Å². The van der Waals surface area contributed by atoms with Gasteiger partial charge in [0, 0.05) is 13.0 Å². The molecule has 9 nitrogen and oxygen atoms in total. The molecule has 1 N–H and O–H groups in total. The Morgan fingerprint density at radius 2 is 2.75 bits per heavy atom. The summed E-state index contributed by atoms with van der Waals surface area (Å²) in [6.45, 7) is -8.58. The summed E-state index contributed by atoms with van der Waals surface area (Å²) in [6, 6.07) is -4.27. The minimum absolute atomic E-state index is 0.352. The number of carboxylic acid groups (broad SMARTS) is 1. The molecular weight excluding hydrogens is 288 g/mol. The van der Waals surface area contributed by atoms with Crippen LogP contribution in [0.1, 0.15) is 28.3 Å². The first-order valence-electron chi connectivity index (χ1n) is 10.8. The second kappa shape index (κ2) is 3.78. The minimum atomic E-state index is -6.31. The molecule has 0 spiro atoms. The van der Waals surface area contributed by atoms with E-state index >= 15 is 0 Å². The van der Waals surface area contributed by atoms with Gasteiger partial charge in [-0.05, 0) is 6.85 Å². The normalized spacial score (nSPS) is 54.4. The molecule has 1 amide bonds. The third kappa shape index (κ3) is 1.39. The van der Waals surface area contributed by atoms with Crippen molar-refractivity contribution in [1.29, 1.82) is 1.43 Å². The van der Waals surface area contributed by atoms with E-state index in [0.29, 0.717) is 0 Å². The molecule has 3 heterocycles. The third-order valence-electron chi connectivity index (χ3n) is 2.63. The molecule has 20 heavy (non-hydrogen) atoms. The first-order chi connectivity index (χ1) is 14.2. The smallest absolute Gasteiger partial charge is 0.328 e. The SMILES string of the molecule is [2H]OC(=O)[C@]1([2H])N2C(=O)C([2H])([2H])[C@@]2([2H])S(=O)(=O)[C@@]1(C([2H])([2H])[2H])C([2H])([2H])n1nnc([2H])c1[2H]. The van der Waals surface area contributed by atoms with Crippen molar-refractivity contribution < 1.29 is 38.2 Å². The Labute approximate surface area is 131 Å². The second-order valence-electron chi connectivity index (χ2n) is 3.73. The third-order valence-corrected chi connectivity index (χ3v) is 4.52. The maximum atomic E-state index is 13.6. The number of aliphatic carboxylic acids is 1. The number of carbonyl (C=O) groups excluding carboxylic acids is 1. The maximum absolute atomic E-state index is 13.6. The van der Waals surface area contributed by atoms with Gasteiger partial charge >= 0.3 is 5.97 Å². The summed E-state index contributed by atoms with van der Waals surface area (Å²) in [5.74, 6) is -4.46. The van der Waals surface area contributed by atoms with E-state index in [4.69, 9.17) is 16.5 Å². The quantitative estimate of drug-likeness (QED) is 0.672. The average molecular weight is 312 g/mol. The van der Waals surface area contributed by atoms with Crippen LogP contribution in [0.4, 0.5) is 0 Å². The number of hydrogen-bond donors (Lipinski definition) is 1. The van der Waals surface area contributed by atoms with Crippen molar-refractivity contribution in [3.8, 4) is 0 Å². The fraction of sp³-hybridized carbons (Fsp3) is 0.600. The van der Waals surface area contributed by atoms with Gasteiger partial charge in [0.05, 0.1) is 27.3 Å². The van der Waals surface area contributed by atoms with Crippen molar-refractivity contribution in [3.05, 3.63) is 12.3 Å². The lowest BCUT2D eigenvalue weighted by molar-refractivity contribution is -0.157. The molecule has 0 bridgehead atoms. The number of hydrogen-bond acceptors (Lipinski definition) is 7. The molecule has 0 aromatic carbocycles. The van der Waals surface area contributed by atoms with E-state index in [9.17, 15) is 18.0 Å². The summed E-state index contributed by atoms with van der Waals surface area (Å²) in [4.78, 5) is 24.3. The van der Waals surface area contributed by atoms with Crippen molar-refractivity contribution in [2.24, 2.45) is 0 Å². The van der Waals surface area contributed by atoms with Crippen LogP contribution in [0.2, 0.25) is 0 Å². The minimum Gasteiger partial charge on any atom is -0.480 e. The predicted octanol–water partition coefficient (Wildman–Crippen LogP) is -1.52. The van der Waals surface area contributed by atoms with Crippen molar-refractivity contribution in [3.63, 3.8) is 0 Å². The Morgan fingerprint density at radius 1 is 1.95 bits per heavy atom. The standard InChI is InChI=1S/C10H12N4O5S/c1-10(5-13-3-2-11-12-13)8(9(16)17)14-6(15)4-7(14)20(10,18)19/h2-3,7-8H,4-5H2,1H3,(H,16,17)/t7-,8+,10+/m1/s1/i1D3,2D,3D,4D2,5D2,7D,8D/hD. The summed E-state index contributed by atoms with van der Waals surface area (Å²) < 4.78 is 116. The van der Waals surface area contributed by atoms with Gasteiger partial charge in [-0.3, -0.25) is 9.48 Å². The molecule has 0 unspecified atom stereocenters. The van der Waals surface area contributed by atoms with Gasteiger partial charge in [-0.25, -0.2) is 13.2 Å². The van der Waals surface area contributed by atoms with Crippen LogP contribution < -0.4 is 0 Å². The molecule has 3 atom stereocenters. The highest BCUT2D eigenvalue weighted by molar-refractivity contribution is 7.93. The van der Waals surface area contributed by atoms with Crippen LogP contribution in [-0.4, -0.2) is 61.4 Å². The zero-order chi connectivity index (χ0) is 25.1. The first kappa shape index (κ1) is 5.10. The van der Waals surface area contributed by atoms with E-state index in [0.717, 1.165) is 0 Å². The Kier molecular flexibility index (Phi) is 0.963. The number of nitrogens with zero attached hydrogens (tertiary/aromatic N) is 4. The Morgan fingerprint density at radius 3 is 3.35 bits per heavy atom. The van der Waals surface area contributed by atoms with E-state index in [2.05, 4.69) is 15.4 Å². The lowest BCUT2D eigenvalue weighted by Crippen LogP contribution is -2.58. The maximum Gasteiger partial charge on any atom is 0.328 e. The molecule has 0 radical (unpaired) electrons. The lowest BCUT2D eigenvalue weighted by Gasteiger charge is -2.35. The number of carboxylic acids is 1. The summed E-state index contributed by atoms with van der Waals surface area (Å²) >= 11 is 0. The first-order valence-corrected chi connectivity index (χ1v) is 6.33. The van der Waals surface area contributed by atoms with Crippen molar-refractivity contribution in [2.75, 3.05) is 0 Å². The van der Waals surface area contributed by atoms with Gasteiger partial charge in [-0.1, -0.05) is 5.21 Å². The molecule has 2 aliphatic rings.